The summed E-state index contributed by atoms with van der Waals surface area (Å²) >= 11 is 0.882. The van der Waals surface area contributed by atoms with Crippen LogP contribution in [0.2, 0.25) is 0 Å². The molecule has 16 heteroatoms. The molecular formula is C24H23F7N6O2S. The average Bonchev–Trinajstić information content (AvgIpc) is 3.23. The number of piperidine rings is 1. The minimum Gasteiger partial charge on any atom is -0.490 e. The maximum atomic E-state index is 14.4. The minimum absolute atomic E-state index is 0.00152. The summed E-state index contributed by atoms with van der Waals surface area (Å²) in [6.07, 6.45) is -6.34. The molecule has 0 bridgehead atoms. The van der Waals surface area contributed by atoms with E-state index in [4.69, 9.17) is 4.74 Å². The zero-order chi connectivity index (χ0) is 29.1. The van der Waals surface area contributed by atoms with Crippen LogP contribution in [0.3, 0.4) is 0 Å². The molecule has 40 heavy (non-hydrogen) atoms. The predicted molar refractivity (Wildman–Crippen MR) is 132 cm³/mol. The Labute approximate surface area is 227 Å². The molecular weight excluding hydrogens is 569 g/mol. The fourth-order valence-electron chi connectivity index (χ4n) is 4.16. The van der Waals surface area contributed by atoms with Gasteiger partial charge < -0.3 is 15.4 Å². The van der Waals surface area contributed by atoms with Crippen molar-refractivity contribution >= 4 is 33.9 Å². The number of likely N-dealkylation sites (tertiary alicyclic amines) is 1. The Bertz CT molecular complexity index is 1330. The molecule has 2 aromatic heterocycles. The molecule has 1 saturated heterocycles. The number of hydrogen-bond acceptors (Lipinski definition) is 8. The van der Waals surface area contributed by atoms with Crippen molar-refractivity contribution in [1.82, 2.24) is 19.2 Å². The quantitative estimate of drug-likeness (QED) is 0.308. The number of carbonyl (C=O) groups excluding carboxylic acids is 1. The van der Waals surface area contributed by atoms with E-state index in [1.807, 2.05) is 0 Å². The van der Waals surface area contributed by atoms with E-state index in [0.717, 1.165) is 23.8 Å². The monoisotopic (exact) mass is 592 g/mol. The average molecular weight is 593 g/mol. The number of anilines is 3. The van der Waals surface area contributed by atoms with Crippen LogP contribution in [0, 0.1) is 18.7 Å². The van der Waals surface area contributed by atoms with Crippen LogP contribution in [-0.2, 0) is 6.18 Å². The third-order valence-corrected chi connectivity index (χ3v) is 6.80. The van der Waals surface area contributed by atoms with E-state index in [1.54, 1.807) is 6.92 Å². The first-order chi connectivity index (χ1) is 18.8. The molecule has 3 aromatic rings. The first kappa shape index (κ1) is 29.5. The number of benzene rings is 1. The van der Waals surface area contributed by atoms with Crippen molar-refractivity contribution < 1.29 is 40.3 Å². The number of aryl methyl sites for hydroxylation is 1. The largest absolute Gasteiger partial charge is 0.490 e. The highest BCUT2D eigenvalue weighted by Gasteiger charge is 2.34. The third-order valence-electron chi connectivity index (χ3n) is 5.94. The summed E-state index contributed by atoms with van der Waals surface area (Å²) in [7, 11) is 0. The number of carbonyl (C=O) groups is 1. The smallest absolute Gasteiger partial charge is 0.434 e. The highest BCUT2D eigenvalue weighted by molar-refractivity contribution is 7.10. The van der Waals surface area contributed by atoms with Gasteiger partial charge in [0.25, 0.3) is 5.91 Å². The molecule has 8 nitrogen and oxygen atoms in total. The highest BCUT2D eigenvalue weighted by atomic mass is 32.1. The number of hydrogen-bond donors (Lipinski definition) is 2. The van der Waals surface area contributed by atoms with E-state index in [9.17, 15) is 35.5 Å². The fraction of sp³-hybridized carbons (Fsp3) is 0.417. The Kier molecular flexibility index (Phi) is 8.77. The van der Waals surface area contributed by atoms with Crippen molar-refractivity contribution in [2.45, 2.75) is 32.1 Å². The third kappa shape index (κ3) is 7.78. The van der Waals surface area contributed by atoms with E-state index < -0.39 is 36.3 Å². The van der Waals surface area contributed by atoms with Gasteiger partial charge in [0.15, 0.2) is 17.3 Å². The summed E-state index contributed by atoms with van der Waals surface area (Å²) in [5.41, 5.74) is -0.586. The van der Waals surface area contributed by atoms with Crippen LogP contribution in [0.1, 0.15) is 34.6 Å². The molecule has 0 spiro atoms. The normalized spacial score (nSPS) is 16.6. The van der Waals surface area contributed by atoms with Crippen LogP contribution >= 0.6 is 11.5 Å². The molecule has 216 valence electrons. The standard InChI is InChI=1S/C24H23F7N6O2S/c1-13-20(22(40-36-13)35-19-9-32-18(8-33-19)24(29,30)31)21(38)34-15-4-5-16(25)17(7-15)39-11-14-3-2-6-37(10-14)12-23(26,27)28/h4-5,7-9,14H,2-3,6,10-12H2,1H3,(H,33,35)(H,34,38). The van der Waals surface area contributed by atoms with Crippen molar-refractivity contribution in [3.05, 3.63) is 53.4 Å². The molecule has 1 unspecified atom stereocenters. The minimum atomic E-state index is -4.65. The second kappa shape index (κ2) is 11.9. The van der Waals surface area contributed by atoms with E-state index in [2.05, 4.69) is 25.0 Å². The molecule has 1 aromatic carbocycles. The molecule has 1 fully saturated rings. The lowest BCUT2D eigenvalue weighted by Crippen LogP contribution is -2.42. The molecule has 2 N–H and O–H groups in total. The summed E-state index contributed by atoms with van der Waals surface area (Å²) in [6, 6.07) is 3.64. The van der Waals surface area contributed by atoms with Gasteiger partial charge in [-0.15, -0.1) is 0 Å². The van der Waals surface area contributed by atoms with Gasteiger partial charge in [0.2, 0.25) is 0 Å². The van der Waals surface area contributed by atoms with Gasteiger partial charge in [0, 0.05) is 24.2 Å². The Balaban J connectivity index is 1.40. The number of ether oxygens (including phenoxy) is 1. The van der Waals surface area contributed by atoms with Gasteiger partial charge in [-0.25, -0.2) is 14.4 Å². The molecule has 0 saturated carbocycles. The van der Waals surface area contributed by atoms with Gasteiger partial charge in [0.05, 0.1) is 36.8 Å². The topological polar surface area (TPSA) is 92.3 Å². The molecule has 1 aliphatic rings. The van der Waals surface area contributed by atoms with Crippen molar-refractivity contribution in [2.24, 2.45) is 5.92 Å². The second-order valence-corrected chi connectivity index (χ2v) is 9.92. The second-order valence-electron chi connectivity index (χ2n) is 9.15. The molecule has 4 rings (SSSR count). The van der Waals surface area contributed by atoms with Crippen LogP contribution in [0.5, 0.6) is 5.75 Å². The number of halogens is 7. The Morgan fingerprint density at radius 1 is 1.18 bits per heavy atom. The van der Waals surface area contributed by atoms with E-state index in [1.165, 1.54) is 17.0 Å². The van der Waals surface area contributed by atoms with Crippen LogP contribution in [0.4, 0.5) is 47.2 Å². The predicted octanol–water partition coefficient (Wildman–Crippen LogP) is 6.05. The van der Waals surface area contributed by atoms with Gasteiger partial charge in [-0.1, -0.05) is 0 Å². The number of rotatable bonds is 8. The molecule has 1 atom stereocenters. The van der Waals surface area contributed by atoms with Gasteiger partial charge in [0.1, 0.15) is 10.8 Å². The SMILES string of the molecule is Cc1nsc(Nc2cnc(C(F)(F)F)cn2)c1C(=O)Nc1ccc(F)c(OCC2CCCN(CC(F)(F)F)C2)c1. The first-order valence-corrected chi connectivity index (χ1v) is 12.7. The number of alkyl halides is 6. The molecule has 3 heterocycles. The van der Waals surface area contributed by atoms with E-state index in [0.29, 0.717) is 31.3 Å². The molecule has 1 aliphatic heterocycles. The molecule has 0 radical (unpaired) electrons. The van der Waals surface area contributed by atoms with Gasteiger partial charge in [-0.05, 0) is 50.0 Å². The van der Waals surface area contributed by atoms with Crippen molar-refractivity contribution in [1.29, 1.82) is 0 Å². The van der Waals surface area contributed by atoms with Crippen molar-refractivity contribution in [3.8, 4) is 5.75 Å². The fourth-order valence-corrected chi connectivity index (χ4v) is 4.96. The summed E-state index contributed by atoms with van der Waals surface area (Å²) in [6.45, 7) is 1.03. The number of amides is 1. The number of nitrogens with zero attached hydrogens (tertiary/aromatic N) is 4. The maximum absolute atomic E-state index is 14.4. The molecule has 1 amide bonds. The number of aromatic nitrogens is 3. The van der Waals surface area contributed by atoms with Crippen molar-refractivity contribution in [3.63, 3.8) is 0 Å². The zero-order valence-corrected chi connectivity index (χ0v) is 21.7. The summed E-state index contributed by atoms with van der Waals surface area (Å²) in [5, 5.41) is 5.53. The van der Waals surface area contributed by atoms with Crippen LogP contribution < -0.4 is 15.4 Å². The Morgan fingerprint density at radius 2 is 1.95 bits per heavy atom. The lowest BCUT2D eigenvalue weighted by Gasteiger charge is -2.33. The highest BCUT2D eigenvalue weighted by Crippen LogP contribution is 2.31. The van der Waals surface area contributed by atoms with Crippen LogP contribution in [-0.4, -0.2) is 57.6 Å². The first-order valence-electron chi connectivity index (χ1n) is 11.9. The Morgan fingerprint density at radius 3 is 2.62 bits per heavy atom. The van der Waals surface area contributed by atoms with Gasteiger partial charge >= 0.3 is 12.4 Å². The van der Waals surface area contributed by atoms with Crippen LogP contribution in [0.25, 0.3) is 0 Å². The van der Waals surface area contributed by atoms with Gasteiger partial charge in [-0.3, -0.25) is 9.69 Å². The zero-order valence-electron chi connectivity index (χ0n) is 20.9. The molecule has 0 aliphatic carbocycles. The summed E-state index contributed by atoms with van der Waals surface area (Å²) in [5.74, 6) is -1.79. The van der Waals surface area contributed by atoms with E-state index in [-0.39, 0.29) is 46.9 Å². The van der Waals surface area contributed by atoms with Gasteiger partial charge in [-0.2, -0.15) is 30.7 Å². The number of nitrogens with one attached hydrogen (secondary N) is 2. The maximum Gasteiger partial charge on any atom is 0.434 e. The summed E-state index contributed by atoms with van der Waals surface area (Å²) < 4.78 is 100. The lowest BCUT2D eigenvalue weighted by molar-refractivity contribution is -0.149. The summed E-state index contributed by atoms with van der Waals surface area (Å²) in [4.78, 5) is 21.3. The van der Waals surface area contributed by atoms with Crippen LogP contribution in [0.15, 0.2) is 30.6 Å². The Hall–Kier alpha value is -3.53. The van der Waals surface area contributed by atoms with Crippen molar-refractivity contribution in [2.75, 3.05) is 36.9 Å². The lowest BCUT2D eigenvalue weighted by atomic mass is 9.99. The van der Waals surface area contributed by atoms with E-state index >= 15 is 0 Å².